The van der Waals surface area contributed by atoms with Gasteiger partial charge in [-0.15, -0.1) is 0 Å². The summed E-state index contributed by atoms with van der Waals surface area (Å²) in [7, 11) is 3.93. The molecule has 0 saturated heterocycles. The summed E-state index contributed by atoms with van der Waals surface area (Å²) >= 11 is 0. The third-order valence-corrected chi connectivity index (χ3v) is 6.01. The molecule has 1 aliphatic carbocycles. The van der Waals surface area contributed by atoms with Crippen LogP contribution < -0.4 is 0 Å². The van der Waals surface area contributed by atoms with E-state index in [1.54, 1.807) is 13.2 Å². The van der Waals surface area contributed by atoms with E-state index < -0.39 is 0 Å². The van der Waals surface area contributed by atoms with Crippen molar-refractivity contribution in [3.63, 3.8) is 0 Å². The van der Waals surface area contributed by atoms with E-state index >= 15 is 0 Å². The number of fused-ring (bicyclic) bond motifs is 1. The summed E-state index contributed by atoms with van der Waals surface area (Å²) in [6.45, 7) is 14.3. The van der Waals surface area contributed by atoms with Crippen molar-refractivity contribution in [2.75, 3.05) is 33.9 Å². The van der Waals surface area contributed by atoms with Gasteiger partial charge in [0.15, 0.2) is 0 Å². The van der Waals surface area contributed by atoms with E-state index in [1.807, 2.05) is 18.5 Å². The van der Waals surface area contributed by atoms with Crippen LogP contribution in [0.4, 0.5) is 0 Å². The van der Waals surface area contributed by atoms with Crippen LogP contribution in [0.25, 0.3) is 12.3 Å². The number of hydrogen-bond donors (Lipinski definition) is 0. The van der Waals surface area contributed by atoms with Crippen LogP contribution in [0.3, 0.4) is 0 Å². The highest BCUT2D eigenvalue weighted by molar-refractivity contribution is 5.46. The molecular weight excluding hydrogens is 374 g/mol. The zero-order valence-electron chi connectivity index (χ0n) is 18.7. The van der Waals surface area contributed by atoms with E-state index in [0.29, 0.717) is 12.6 Å². The fraction of sp³-hybridized carbons (Fsp3) is 0.500. The normalized spacial score (nSPS) is 16.1. The standard InChI is InChI=1S/C24H35N5O/c1-6-23-26-20(22(29(23)8-3)18-28(7-2)15-16-30-5)17-27(4)21-13-9-11-19-12-10-14-25-24(19)21/h6,8,10,12,14,21H,1,3,7,9,11,13,15-18H2,2,4-5H3/t21-/m0/s1. The van der Waals surface area contributed by atoms with Crippen LogP contribution in [0.2, 0.25) is 0 Å². The van der Waals surface area contributed by atoms with Crippen LogP contribution in [-0.2, 0) is 24.2 Å². The highest BCUT2D eigenvalue weighted by atomic mass is 16.5. The van der Waals surface area contributed by atoms with Gasteiger partial charge in [0.2, 0.25) is 0 Å². The predicted molar refractivity (Wildman–Crippen MR) is 123 cm³/mol. The topological polar surface area (TPSA) is 46.4 Å². The Kier molecular flexibility index (Phi) is 7.96. The first kappa shape index (κ1) is 22.4. The molecule has 6 nitrogen and oxygen atoms in total. The van der Waals surface area contributed by atoms with E-state index in [1.165, 1.54) is 23.4 Å². The maximum absolute atomic E-state index is 5.29. The van der Waals surface area contributed by atoms with Gasteiger partial charge in [0.1, 0.15) is 5.82 Å². The SMILES string of the molecule is C=Cc1nc(CN(C)[C@H]2CCCc3cccnc32)c(CN(CC)CCOC)n1C=C. The minimum atomic E-state index is 0.319. The lowest BCUT2D eigenvalue weighted by molar-refractivity contribution is 0.145. The molecule has 1 aliphatic rings. The maximum Gasteiger partial charge on any atom is 0.136 e. The zero-order chi connectivity index (χ0) is 21.5. The smallest absolute Gasteiger partial charge is 0.136 e. The number of aryl methyl sites for hydroxylation is 1. The lowest BCUT2D eigenvalue weighted by atomic mass is 9.91. The van der Waals surface area contributed by atoms with E-state index in [0.717, 1.165) is 50.5 Å². The number of nitrogens with zero attached hydrogens (tertiary/aromatic N) is 5. The molecule has 0 amide bonds. The van der Waals surface area contributed by atoms with E-state index in [4.69, 9.17) is 14.7 Å². The highest BCUT2D eigenvalue weighted by Gasteiger charge is 2.27. The number of hydrogen-bond acceptors (Lipinski definition) is 5. The Hall–Kier alpha value is -2.28. The van der Waals surface area contributed by atoms with Crippen LogP contribution in [0, 0.1) is 0 Å². The van der Waals surface area contributed by atoms with Crippen molar-refractivity contribution in [1.29, 1.82) is 0 Å². The quantitative estimate of drug-likeness (QED) is 0.561. The summed E-state index contributed by atoms with van der Waals surface area (Å²) < 4.78 is 7.35. The number of pyridine rings is 1. The first-order chi connectivity index (χ1) is 14.6. The lowest BCUT2D eigenvalue weighted by Gasteiger charge is -2.32. The van der Waals surface area contributed by atoms with E-state index in [9.17, 15) is 0 Å². The molecule has 0 radical (unpaired) electrons. The van der Waals surface area contributed by atoms with Gasteiger partial charge in [-0.1, -0.05) is 26.1 Å². The third-order valence-electron chi connectivity index (χ3n) is 6.01. The second-order valence-corrected chi connectivity index (χ2v) is 7.85. The average molecular weight is 410 g/mol. The Bertz CT molecular complexity index is 859. The molecule has 162 valence electrons. The number of likely N-dealkylation sites (N-methyl/N-ethyl adjacent to an activating group) is 1. The number of ether oxygens (including phenoxy) is 1. The van der Waals surface area contributed by atoms with E-state index in [2.05, 4.69) is 47.6 Å². The first-order valence-corrected chi connectivity index (χ1v) is 10.8. The molecule has 2 heterocycles. The van der Waals surface area contributed by atoms with Crippen molar-refractivity contribution >= 4 is 12.3 Å². The van der Waals surface area contributed by atoms with Crippen LogP contribution in [-0.4, -0.2) is 58.2 Å². The Balaban J connectivity index is 1.87. The Labute approximate surface area is 180 Å². The van der Waals surface area contributed by atoms with Crippen molar-refractivity contribution < 1.29 is 4.74 Å². The molecule has 6 heteroatoms. The molecule has 0 N–H and O–H groups in total. The summed E-state index contributed by atoms with van der Waals surface area (Å²) in [6, 6.07) is 4.57. The second kappa shape index (κ2) is 10.7. The monoisotopic (exact) mass is 409 g/mol. The Morgan fingerprint density at radius 3 is 2.87 bits per heavy atom. The van der Waals surface area contributed by atoms with Crippen LogP contribution in [0.5, 0.6) is 0 Å². The van der Waals surface area contributed by atoms with Crippen LogP contribution >= 0.6 is 0 Å². The van der Waals surface area contributed by atoms with Gasteiger partial charge in [-0.25, -0.2) is 4.98 Å². The molecule has 0 fully saturated rings. The van der Waals surface area contributed by atoms with Gasteiger partial charge in [-0.3, -0.25) is 14.8 Å². The van der Waals surface area contributed by atoms with Crippen molar-refractivity contribution in [3.05, 3.63) is 60.0 Å². The molecular formula is C24H35N5O. The van der Waals surface area contributed by atoms with Gasteiger partial charge in [0.25, 0.3) is 0 Å². The molecule has 2 aromatic heterocycles. The highest BCUT2D eigenvalue weighted by Crippen LogP contribution is 2.33. The van der Waals surface area contributed by atoms with Gasteiger partial charge in [-0.05, 0) is 50.6 Å². The van der Waals surface area contributed by atoms with Gasteiger partial charge in [0, 0.05) is 39.1 Å². The Morgan fingerprint density at radius 2 is 2.17 bits per heavy atom. The van der Waals surface area contributed by atoms with Crippen molar-refractivity contribution in [1.82, 2.24) is 24.3 Å². The molecule has 0 aromatic carbocycles. The van der Waals surface area contributed by atoms with Crippen LogP contribution in [0.15, 0.2) is 31.5 Å². The number of methoxy groups -OCH3 is 1. The predicted octanol–water partition coefficient (Wildman–Crippen LogP) is 4.00. The number of aromatic nitrogens is 3. The molecule has 0 bridgehead atoms. The van der Waals surface area contributed by atoms with Gasteiger partial charge >= 0.3 is 0 Å². The number of imidazole rings is 1. The van der Waals surface area contributed by atoms with Crippen LogP contribution in [0.1, 0.15) is 54.3 Å². The summed E-state index contributed by atoms with van der Waals surface area (Å²) in [5, 5.41) is 0. The third kappa shape index (κ3) is 4.89. The maximum atomic E-state index is 5.29. The van der Waals surface area contributed by atoms with Crippen molar-refractivity contribution in [2.24, 2.45) is 0 Å². The van der Waals surface area contributed by atoms with Gasteiger partial charge in [0.05, 0.1) is 29.7 Å². The number of rotatable bonds is 11. The summed E-state index contributed by atoms with van der Waals surface area (Å²) in [5.74, 6) is 0.841. The first-order valence-electron chi connectivity index (χ1n) is 10.8. The molecule has 2 aromatic rings. The molecule has 1 atom stereocenters. The summed E-state index contributed by atoms with van der Waals surface area (Å²) in [4.78, 5) is 14.4. The molecule has 30 heavy (non-hydrogen) atoms. The fourth-order valence-electron chi connectivity index (χ4n) is 4.32. The summed E-state index contributed by atoms with van der Waals surface area (Å²) in [5.41, 5.74) is 4.84. The molecule has 0 aliphatic heterocycles. The molecule has 0 unspecified atom stereocenters. The minimum Gasteiger partial charge on any atom is -0.383 e. The lowest BCUT2D eigenvalue weighted by Crippen LogP contribution is -2.30. The Morgan fingerprint density at radius 1 is 1.33 bits per heavy atom. The largest absolute Gasteiger partial charge is 0.383 e. The molecule has 0 saturated carbocycles. The molecule has 0 spiro atoms. The van der Waals surface area contributed by atoms with E-state index in [-0.39, 0.29) is 0 Å². The van der Waals surface area contributed by atoms with Gasteiger partial charge in [-0.2, -0.15) is 0 Å². The summed E-state index contributed by atoms with van der Waals surface area (Å²) in [6.07, 6.45) is 8.99. The van der Waals surface area contributed by atoms with Crippen molar-refractivity contribution in [3.8, 4) is 0 Å². The average Bonchev–Trinajstić information content (AvgIpc) is 3.11. The van der Waals surface area contributed by atoms with Gasteiger partial charge < -0.3 is 9.30 Å². The fourth-order valence-corrected chi connectivity index (χ4v) is 4.32. The molecule has 3 rings (SSSR count). The second-order valence-electron chi connectivity index (χ2n) is 7.85. The minimum absolute atomic E-state index is 0.319. The zero-order valence-corrected chi connectivity index (χ0v) is 18.7. The van der Waals surface area contributed by atoms with Crippen molar-refractivity contribution in [2.45, 2.75) is 45.3 Å².